The molecule has 1 aliphatic rings. The molecule has 0 radical (unpaired) electrons. The zero-order valence-electron chi connectivity index (χ0n) is 17.1. The van der Waals surface area contributed by atoms with Gasteiger partial charge in [-0.3, -0.25) is 0 Å². The average Bonchev–Trinajstić information content (AvgIpc) is 2.75. The molecule has 0 bridgehead atoms. The van der Waals surface area contributed by atoms with E-state index < -0.39 is 0 Å². The number of nitrogens with two attached hydrogens (primary N) is 1. The number of quaternary nitrogens is 1. The Balaban J connectivity index is 1.77. The van der Waals surface area contributed by atoms with Crippen molar-refractivity contribution in [3.63, 3.8) is 0 Å². The third kappa shape index (κ3) is 4.16. The number of phenols is 1. The normalized spacial score (nSPS) is 18.4. The zero-order chi connectivity index (χ0) is 21.1. The van der Waals surface area contributed by atoms with E-state index in [9.17, 15) is 9.50 Å². The fourth-order valence-electron chi connectivity index (χ4n) is 3.79. The van der Waals surface area contributed by atoms with E-state index in [1.807, 2.05) is 25.1 Å². The summed E-state index contributed by atoms with van der Waals surface area (Å²) in [5.41, 5.74) is 4.76. The van der Waals surface area contributed by atoms with Crippen molar-refractivity contribution in [1.82, 2.24) is 5.32 Å². The van der Waals surface area contributed by atoms with Crippen LogP contribution < -0.4 is 15.4 Å². The molecule has 0 aliphatic carbocycles. The molecule has 4 nitrogen and oxygen atoms in total. The molecule has 2 atom stereocenters. The smallest absolute Gasteiger partial charge is 0.186 e. The van der Waals surface area contributed by atoms with Gasteiger partial charge in [0.05, 0.1) is 12.2 Å². The van der Waals surface area contributed by atoms with Gasteiger partial charge in [0.2, 0.25) is 0 Å². The highest BCUT2D eigenvalue weighted by Crippen LogP contribution is 2.35. The third-order valence-corrected chi connectivity index (χ3v) is 5.32. The first kappa shape index (κ1) is 20.0. The number of para-hydroxylation sites is 1. The van der Waals surface area contributed by atoms with E-state index in [1.54, 1.807) is 18.2 Å². The van der Waals surface area contributed by atoms with E-state index in [0.29, 0.717) is 12.4 Å². The Hall–Kier alpha value is -3.31. The second-order valence-electron chi connectivity index (χ2n) is 7.47. The topological polar surface area (TPSA) is 58.1 Å². The number of aryl methyl sites for hydroxylation is 1. The summed E-state index contributed by atoms with van der Waals surface area (Å²) in [7, 11) is 0. The quantitative estimate of drug-likeness (QED) is 0.597. The van der Waals surface area contributed by atoms with E-state index >= 15 is 0 Å². The van der Waals surface area contributed by atoms with Crippen LogP contribution in [0.25, 0.3) is 5.70 Å². The van der Waals surface area contributed by atoms with E-state index in [4.69, 9.17) is 4.74 Å². The fraction of sp³-hybridized carbons (Fsp3) is 0.200. The minimum absolute atomic E-state index is 0.139. The predicted octanol–water partition coefficient (Wildman–Crippen LogP) is 4.19. The number of benzene rings is 3. The van der Waals surface area contributed by atoms with Gasteiger partial charge in [0, 0.05) is 17.3 Å². The lowest BCUT2D eigenvalue weighted by molar-refractivity contribution is -0.731. The van der Waals surface area contributed by atoms with Crippen molar-refractivity contribution >= 4 is 5.70 Å². The molecule has 1 heterocycles. The zero-order valence-corrected chi connectivity index (χ0v) is 17.1. The summed E-state index contributed by atoms with van der Waals surface area (Å²) in [4.78, 5) is 0. The Morgan fingerprint density at radius 3 is 2.57 bits per heavy atom. The summed E-state index contributed by atoms with van der Waals surface area (Å²) < 4.78 is 19.5. The van der Waals surface area contributed by atoms with Crippen LogP contribution in [0.1, 0.15) is 41.4 Å². The maximum Gasteiger partial charge on any atom is 0.186 e. The minimum Gasteiger partial charge on any atom is -0.504 e. The molecule has 4 rings (SSSR count). The van der Waals surface area contributed by atoms with Gasteiger partial charge < -0.3 is 20.5 Å². The van der Waals surface area contributed by atoms with E-state index in [0.717, 1.165) is 22.4 Å². The minimum atomic E-state index is -0.271. The SMILES string of the molecule is CCOc1cccc(C2C=C(c3ccc(C)cc3)NC(c3cccc(F)c3)[NH2+]2)c1O. The Morgan fingerprint density at radius 2 is 1.83 bits per heavy atom. The number of hydrogen-bond acceptors (Lipinski definition) is 3. The molecule has 2 unspecified atom stereocenters. The number of phenolic OH excluding ortho intramolecular Hbond substituents is 1. The fourth-order valence-corrected chi connectivity index (χ4v) is 3.79. The van der Waals surface area contributed by atoms with E-state index in [-0.39, 0.29) is 23.8 Å². The van der Waals surface area contributed by atoms with Crippen molar-refractivity contribution in [3.8, 4) is 11.5 Å². The summed E-state index contributed by atoms with van der Waals surface area (Å²) in [6, 6.07) is 20.2. The monoisotopic (exact) mass is 405 g/mol. The number of hydrogen-bond donors (Lipinski definition) is 3. The van der Waals surface area contributed by atoms with Crippen LogP contribution in [-0.4, -0.2) is 11.7 Å². The molecule has 0 saturated carbocycles. The van der Waals surface area contributed by atoms with Crippen LogP contribution in [0.2, 0.25) is 0 Å². The molecule has 0 spiro atoms. The average molecular weight is 405 g/mol. The highest BCUT2D eigenvalue weighted by molar-refractivity contribution is 5.66. The summed E-state index contributed by atoms with van der Waals surface area (Å²) in [6.07, 6.45) is 1.88. The molecule has 3 aromatic rings. The van der Waals surface area contributed by atoms with Crippen LogP contribution in [-0.2, 0) is 0 Å². The lowest BCUT2D eigenvalue weighted by atomic mass is 9.97. The first-order chi connectivity index (χ1) is 14.5. The number of rotatable bonds is 5. The van der Waals surface area contributed by atoms with Crippen LogP contribution in [0.3, 0.4) is 0 Å². The van der Waals surface area contributed by atoms with Crippen LogP contribution in [0.15, 0.2) is 72.8 Å². The highest BCUT2D eigenvalue weighted by atomic mass is 19.1. The van der Waals surface area contributed by atoms with Gasteiger partial charge in [0.25, 0.3) is 0 Å². The van der Waals surface area contributed by atoms with Gasteiger partial charge in [-0.1, -0.05) is 48.0 Å². The molecule has 154 valence electrons. The largest absolute Gasteiger partial charge is 0.504 e. The van der Waals surface area contributed by atoms with Crippen molar-refractivity contribution in [3.05, 3.63) is 101 Å². The van der Waals surface area contributed by atoms with Gasteiger partial charge in [0.1, 0.15) is 11.9 Å². The second-order valence-corrected chi connectivity index (χ2v) is 7.47. The van der Waals surface area contributed by atoms with Crippen LogP contribution >= 0.6 is 0 Å². The predicted molar refractivity (Wildman–Crippen MR) is 115 cm³/mol. The van der Waals surface area contributed by atoms with Gasteiger partial charge in [-0.2, -0.15) is 0 Å². The van der Waals surface area contributed by atoms with E-state index in [2.05, 4.69) is 47.9 Å². The first-order valence-corrected chi connectivity index (χ1v) is 10.2. The van der Waals surface area contributed by atoms with Gasteiger partial charge in [-0.25, -0.2) is 4.39 Å². The van der Waals surface area contributed by atoms with Crippen LogP contribution in [0.5, 0.6) is 11.5 Å². The van der Waals surface area contributed by atoms with Gasteiger partial charge in [0.15, 0.2) is 17.7 Å². The number of nitrogens with one attached hydrogen (secondary N) is 1. The molecule has 0 aromatic heterocycles. The molecule has 0 saturated heterocycles. The Kier molecular flexibility index (Phi) is 5.72. The standard InChI is InChI=1S/C25H25FN2O2/c1-3-30-23-9-5-8-20(24(23)29)22-15-21(17-12-10-16(2)11-13-17)27-25(28-22)18-6-4-7-19(26)14-18/h4-15,22,25,27-29H,3H2,1-2H3/p+1. The molecule has 5 heteroatoms. The molecule has 4 N–H and O–H groups in total. The Labute approximate surface area is 176 Å². The molecule has 30 heavy (non-hydrogen) atoms. The lowest BCUT2D eigenvalue weighted by Gasteiger charge is -2.30. The third-order valence-electron chi connectivity index (χ3n) is 5.32. The second kappa shape index (κ2) is 8.59. The molecule has 0 fully saturated rings. The van der Waals surface area contributed by atoms with Crippen molar-refractivity contribution < 1.29 is 19.6 Å². The highest BCUT2D eigenvalue weighted by Gasteiger charge is 2.30. The van der Waals surface area contributed by atoms with Gasteiger partial charge >= 0.3 is 0 Å². The Morgan fingerprint density at radius 1 is 1.07 bits per heavy atom. The van der Waals surface area contributed by atoms with Crippen molar-refractivity contribution in [2.75, 3.05) is 6.61 Å². The van der Waals surface area contributed by atoms with Crippen molar-refractivity contribution in [2.24, 2.45) is 0 Å². The van der Waals surface area contributed by atoms with Gasteiger partial charge in [-0.15, -0.1) is 0 Å². The molecule has 0 amide bonds. The van der Waals surface area contributed by atoms with Crippen molar-refractivity contribution in [2.45, 2.75) is 26.1 Å². The summed E-state index contributed by atoms with van der Waals surface area (Å²) >= 11 is 0. The van der Waals surface area contributed by atoms with Crippen LogP contribution in [0.4, 0.5) is 4.39 Å². The molecule has 1 aliphatic heterocycles. The molecule has 3 aromatic carbocycles. The van der Waals surface area contributed by atoms with E-state index in [1.165, 1.54) is 11.6 Å². The number of ether oxygens (including phenoxy) is 1. The van der Waals surface area contributed by atoms with Crippen LogP contribution in [0, 0.1) is 12.7 Å². The maximum absolute atomic E-state index is 13.9. The first-order valence-electron chi connectivity index (χ1n) is 10.2. The Bertz CT molecular complexity index is 1060. The summed E-state index contributed by atoms with van der Waals surface area (Å²) in [5, 5.41) is 16.4. The van der Waals surface area contributed by atoms with Crippen molar-refractivity contribution in [1.29, 1.82) is 0 Å². The van der Waals surface area contributed by atoms with Gasteiger partial charge in [-0.05, 0) is 43.7 Å². The summed E-state index contributed by atoms with van der Waals surface area (Å²) in [5.74, 6) is 0.335. The molecular weight excluding hydrogens is 379 g/mol. The summed E-state index contributed by atoms with van der Waals surface area (Å²) in [6.45, 7) is 4.41. The lowest BCUT2D eigenvalue weighted by Crippen LogP contribution is -2.89. The number of aromatic hydroxyl groups is 1. The maximum atomic E-state index is 13.9. The molecular formula is C25H26FN2O2+. The number of halogens is 1.